The predicted octanol–water partition coefficient (Wildman–Crippen LogP) is 2.06. The van der Waals surface area contributed by atoms with Gasteiger partial charge in [0.05, 0.1) is 6.04 Å². The first-order chi connectivity index (χ1) is 8.02. The van der Waals surface area contributed by atoms with Crippen molar-refractivity contribution in [1.82, 2.24) is 5.32 Å². The zero-order valence-electron chi connectivity index (χ0n) is 9.43. The number of nitrogens with one attached hydrogen (secondary N) is 2. The Kier molecular flexibility index (Phi) is 4.71. The Balaban J connectivity index is 2.88. The molecule has 6 heteroatoms. The van der Waals surface area contributed by atoms with E-state index in [1.807, 2.05) is 31.2 Å². The Labute approximate surface area is 105 Å². The molecule has 0 spiro atoms. The quantitative estimate of drug-likeness (QED) is 0.617. The largest absolute Gasteiger partial charge is 0.465 e. The van der Waals surface area contributed by atoms with Crippen molar-refractivity contribution in [3.8, 4) is 0 Å². The fourth-order valence-corrected chi connectivity index (χ4v) is 1.66. The van der Waals surface area contributed by atoms with E-state index in [0.29, 0.717) is 6.42 Å². The summed E-state index contributed by atoms with van der Waals surface area (Å²) in [6, 6.07) is 7.08. The number of carbonyl (C=O) groups is 1. The third-order valence-electron chi connectivity index (χ3n) is 2.26. The van der Waals surface area contributed by atoms with Crippen LogP contribution < -0.4 is 16.4 Å². The van der Waals surface area contributed by atoms with E-state index in [9.17, 15) is 4.79 Å². The van der Waals surface area contributed by atoms with Gasteiger partial charge in [0.25, 0.3) is 0 Å². The van der Waals surface area contributed by atoms with Gasteiger partial charge in [-0.15, -0.1) is 0 Å². The number of nitrogens with two attached hydrogens (primary N) is 1. The summed E-state index contributed by atoms with van der Waals surface area (Å²) >= 11 is 4.74. The van der Waals surface area contributed by atoms with Gasteiger partial charge in [-0.3, -0.25) is 0 Å². The number of thiocarbonyl (C=S) groups is 1. The lowest BCUT2D eigenvalue weighted by Crippen LogP contribution is -2.26. The Morgan fingerprint density at radius 2 is 2.29 bits per heavy atom. The number of carboxylic acid groups (broad SMARTS) is 1. The average molecular weight is 253 g/mol. The van der Waals surface area contributed by atoms with Crippen LogP contribution in [-0.2, 0) is 0 Å². The second kappa shape index (κ2) is 6.05. The molecule has 0 saturated carbocycles. The second-order valence-electron chi connectivity index (χ2n) is 3.53. The topological polar surface area (TPSA) is 87.4 Å². The highest BCUT2D eigenvalue weighted by Gasteiger charge is 2.11. The fraction of sp³-hybridized carbons (Fsp3) is 0.273. The van der Waals surface area contributed by atoms with Crippen LogP contribution in [0.2, 0.25) is 0 Å². The van der Waals surface area contributed by atoms with Gasteiger partial charge in [0, 0.05) is 5.69 Å². The summed E-state index contributed by atoms with van der Waals surface area (Å²) in [4.78, 5) is 10.6. The van der Waals surface area contributed by atoms with Crippen molar-refractivity contribution in [2.75, 3.05) is 5.32 Å². The van der Waals surface area contributed by atoms with E-state index in [2.05, 4.69) is 10.6 Å². The third kappa shape index (κ3) is 4.28. The molecule has 0 radical (unpaired) electrons. The maximum Gasteiger partial charge on any atom is 0.405 e. The number of rotatable bonds is 4. The minimum absolute atomic E-state index is 0.182. The zero-order valence-corrected chi connectivity index (χ0v) is 10.3. The van der Waals surface area contributed by atoms with E-state index in [1.54, 1.807) is 0 Å². The van der Waals surface area contributed by atoms with Crippen LogP contribution in [0.15, 0.2) is 24.3 Å². The van der Waals surface area contributed by atoms with Crippen molar-refractivity contribution in [3.63, 3.8) is 0 Å². The normalized spacial score (nSPS) is 11.6. The first kappa shape index (κ1) is 13.2. The van der Waals surface area contributed by atoms with Crippen LogP contribution in [0.3, 0.4) is 0 Å². The zero-order chi connectivity index (χ0) is 12.8. The molecule has 0 aliphatic heterocycles. The number of amides is 1. The molecular weight excluding hydrogens is 238 g/mol. The highest BCUT2D eigenvalue weighted by Crippen LogP contribution is 2.20. The summed E-state index contributed by atoms with van der Waals surface area (Å²) < 4.78 is 0. The molecule has 1 rings (SSSR count). The Hall–Kier alpha value is -1.82. The molecule has 92 valence electrons. The van der Waals surface area contributed by atoms with Gasteiger partial charge in [-0.25, -0.2) is 4.79 Å². The summed E-state index contributed by atoms with van der Waals surface area (Å²) in [5.74, 6) is 0. The van der Waals surface area contributed by atoms with Crippen LogP contribution in [0.1, 0.15) is 24.9 Å². The molecule has 0 saturated heterocycles. The van der Waals surface area contributed by atoms with Crippen molar-refractivity contribution in [1.29, 1.82) is 0 Å². The van der Waals surface area contributed by atoms with E-state index < -0.39 is 6.09 Å². The van der Waals surface area contributed by atoms with Crippen LogP contribution in [0.25, 0.3) is 0 Å². The van der Waals surface area contributed by atoms with Gasteiger partial charge in [0.15, 0.2) is 5.11 Å². The van der Waals surface area contributed by atoms with Crippen LogP contribution in [-0.4, -0.2) is 16.3 Å². The summed E-state index contributed by atoms with van der Waals surface area (Å²) in [6.45, 7) is 1.91. The SMILES string of the molecule is CCC(NC(=O)O)c1cccc(NC(N)=S)c1. The molecule has 0 bridgehead atoms. The maximum absolute atomic E-state index is 10.6. The van der Waals surface area contributed by atoms with E-state index in [1.165, 1.54) is 0 Å². The van der Waals surface area contributed by atoms with Crippen molar-refractivity contribution in [2.24, 2.45) is 5.73 Å². The Morgan fingerprint density at radius 3 is 2.82 bits per heavy atom. The molecule has 0 aliphatic carbocycles. The van der Waals surface area contributed by atoms with Gasteiger partial charge >= 0.3 is 6.09 Å². The molecule has 1 atom stereocenters. The van der Waals surface area contributed by atoms with Gasteiger partial charge < -0.3 is 21.5 Å². The minimum Gasteiger partial charge on any atom is -0.465 e. The average Bonchev–Trinajstić information content (AvgIpc) is 2.25. The first-order valence-corrected chi connectivity index (χ1v) is 5.59. The lowest BCUT2D eigenvalue weighted by atomic mass is 10.0. The van der Waals surface area contributed by atoms with E-state index in [4.69, 9.17) is 23.1 Å². The Morgan fingerprint density at radius 1 is 1.59 bits per heavy atom. The second-order valence-corrected chi connectivity index (χ2v) is 3.96. The van der Waals surface area contributed by atoms with Crippen molar-refractivity contribution in [2.45, 2.75) is 19.4 Å². The molecule has 17 heavy (non-hydrogen) atoms. The molecule has 5 nitrogen and oxygen atoms in total. The van der Waals surface area contributed by atoms with Crippen molar-refractivity contribution < 1.29 is 9.90 Å². The predicted molar refractivity (Wildman–Crippen MR) is 71.0 cm³/mol. The molecule has 0 aromatic heterocycles. The van der Waals surface area contributed by atoms with Gasteiger partial charge in [-0.2, -0.15) is 0 Å². The maximum atomic E-state index is 10.6. The lowest BCUT2D eigenvalue weighted by molar-refractivity contribution is 0.189. The van der Waals surface area contributed by atoms with Gasteiger partial charge in [-0.1, -0.05) is 19.1 Å². The molecule has 0 heterocycles. The summed E-state index contributed by atoms with van der Waals surface area (Å²) in [7, 11) is 0. The summed E-state index contributed by atoms with van der Waals surface area (Å²) in [5, 5.41) is 14.2. The van der Waals surface area contributed by atoms with Gasteiger partial charge in [-0.05, 0) is 36.3 Å². The highest BCUT2D eigenvalue weighted by molar-refractivity contribution is 7.80. The fourth-order valence-electron chi connectivity index (χ4n) is 1.55. The molecule has 0 aliphatic rings. The lowest BCUT2D eigenvalue weighted by Gasteiger charge is -2.16. The van der Waals surface area contributed by atoms with Crippen LogP contribution in [0, 0.1) is 0 Å². The van der Waals surface area contributed by atoms with E-state index >= 15 is 0 Å². The molecule has 1 aromatic carbocycles. The van der Waals surface area contributed by atoms with E-state index in [-0.39, 0.29) is 11.2 Å². The third-order valence-corrected chi connectivity index (χ3v) is 2.36. The van der Waals surface area contributed by atoms with Crippen molar-refractivity contribution >= 4 is 29.1 Å². The first-order valence-electron chi connectivity index (χ1n) is 5.18. The molecule has 0 fully saturated rings. The molecule has 1 amide bonds. The highest BCUT2D eigenvalue weighted by atomic mass is 32.1. The summed E-state index contributed by atoms with van der Waals surface area (Å²) in [5.41, 5.74) is 7.00. The van der Waals surface area contributed by atoms with Crippen molar-refractivity contribution in [3.05, 3.63) is 29.8 Å². The van der Waals surface area contributed by atoms with Crippen LogP contribution in [0.5, 0.6) is 0 Å². The molecular formula is C11H15N3O2S. The van der Waals surface area contributed by atoms with E-state index in [0.717, 1.165) is 11.3 Å². The Bertz CT molecular complexity index is 423. The summed E-state index contributed by atoms with van der Waals surface area (Å²) in [6.07, 6.45) is -0.368. The standard InChI is InChI=1S/C11H15N3O2S/c1-2-9(14-11(15)16)7-4-3-5-8(6-7)13-10(12)17/h3-6,9,14H,2H2,1H3,(H,15,16)(H3,12,13,17). The van der Waals surface area contributed by atoms with Gasteiger partial charge in [0.2, 0.25) is 0 Å². The number of hydrogen-bond donors (Lipinski definition) is 4. The number of hydrogen-bond acceptors (Lipinski definition) is 2. The smallest absolute Gasteiger partial charge is 0.405 e. The molecule has 1 unspecified atom stereocenters. The van der Waals surface area contributed by atoms with Crippen LogP contribution in [0.4, 0.5) is 10.5 Å². The molecule has 1 aromatic rings. The van der Waals surface area contributed by atoms with Crippen LogP contribution >= 0.6 is 12.2 Å². The molecule has 5 N–H and O–H groups in total. The monoisotopic (exact) mass is 253 g/mol. The number of benzene rings is 1. The minimum atomic E-state index is -1.04. The van der Waals surface area contributed by atoms with Gasteiger partial charge in [0.1, 0.15) is 0 Å². The number of anilines is 1.